The van der Waals surface area contributed by atoms with Crippen LogP contribution in [-0.4, -0.2) is 26.9 Å². The first kappa shape index (κ1) is 25.5. The molecule has 0 bridgehead atoms. The molecule has 0 fully saturated rings. The molecule has 6 nitrogen and oxygen atoms in total. The number of alkyl halides is 3. The lowest BCUT2D eigenvalue weighted by molar-refractivity contribution is -0.274. The van der Waals surface area contributed by atoms with Gasteiger partial charge in [-0.05, 0) is 52.6 Å². The summed E-state index contributed by atoms with van der Waals surface area (Å²) in [5.74, 6) is -4.80. The van der Waals surface area contributed by atoms with Gasteiger partial charge in [0.2, 0.25) is 0 Å². The predicted molar refractivity (Wildman–Crippen MR) is 124 cm³/mol. The van der Waals surface area contributed by atoms with Gasteiger partial charge in [-0.2, -0.15) is 13.2 Å². The van der Waals surface area contributed by atoms with Crippen LogP contribution in [0.3, 0.4) is 0 Å². The summed E-state index contributed by atoms with van der Waals surface area (Å²) in [4.78, 5) is 23.0. The molecule has 1 heterocycles. The van der Waals surface area contributed by atoms with Crippen molar-refractivity contribution >= 4 is 28.7 Å². The maximum absolute atomic E-state index is 14.4. The number of nitrogens with zero attached hydrogens (tertiary/aromatic N) is 1. The van der Waals surface area contributed by atoms with E-state index in [1.54, 1.807) is 0 Å². The molecule has 0 unspecified atom stereocenters. The average molecular weight is 524 g/mol. The Kier molecular flexibility index (Phi) is 6.22. The van der Waals surface area contributed by atoms with E-state index >= 15 is 0 Å². The Morgan fingerprint density at radius 1 is 1.06 bits per heavy atom. The third-order valence-electron chi connectivity index (χ3n) is 6.29. The number of hydrogen-bond acceptors (Lipinski definition) is 4. The zero-order chi connectivity index (χ0) is 26.6. The highest BCUT2D eigenvalue weighted by Gasteiger charge is 2.59. The maximum Gasteiger partial charge on any atom is 0.422 e. The predicted octanol–water partition coefficient (Wildman–Crippen LogP) is 5.84. The molecule has 4 aromatic rings. The Labute approximate surface area is 206 Å². The first-order chi connectivity index (χ1) is 16.8. The van der Waals surface area contributed by atoms with Crippen LogP contribution in [-0.2, 0) is 12.6 Å². The first-order valence-corrected chi connectivity index (χ1v) is 10.8. The van der Waals surface area contributed by atoms with Gasteiger partial charge in [0, 0.05) is 18.0 Å². The van der Waals surface area contributed by atoms with E-state index in [4.69, 9.17) is 21.1 Å². The number of aliphatic hydroxyl groups is 1. The van der Waals surface area contributed by atoms with Crippen LogP contribution >= 0.6 is 11.6 Å². The number of aromatic nitrogens is 1. The Balaban J connectivity index is 1.80. The number of oxazole rings is 1. The van der Waals surface area contributed by atoms with Gasteiger partial charge < -0.3 is 14.6 Å². The van der Waals surface area contributed by atoms with Crippen molar-refractivity contribution in [2.45, 2.75) is 24.6 Å². The number of carbonyl (C=O) groups is 1. The minimum atomic E-state index is -5.15. The third-order valence-corrected chi connectivity index (χ3v) is 6.62. The van der Waals surface area contributed by atoms with Crippen LogP contribution in [0.1, 0.15) is 34.3 Å². The van der Waals surface area contributed by atoms with E-state index in [1.807, 2.05) is 0 Å². The van der Waals surface area contributed by atoms with Crippen molar-refractivity contribution in [3.05, 3.63) is 92.7 Å². The van der Waals surface area contributed by atoms with E-state index in [0.29, 0.717) is 5.56 Å². The summed E-state index contributed by atoms with van der Waals surface area (Å²) in [5.41, 5.74) is -3.83. The highest BCUT2D eigenvalue weighted by atomic mass is 35.5. The molecule has 2 atom stereocenters. The first-order valence-electron chi connectivity index (χ1n) is 10.5. The fraction of sp³-hybridized carbons (Fsp3) is 0.200. The molecule has 0 aliphatic rings. The largest absolute Gasteiger partial charge is 0.478 e. The molecule has 0 aliphatic carbocycles. The molecule has 0 aliphatic heterocycles. The van der Waals surface area contributed by atoms with Crippen LogP contribution < -0.4 is 5.76 Å². The second-order valence-corrected chi connectivity index (χ2v) is 8.74. The second-order valence-electron chi connectivity index (χ2n) is 8.33. The van der Waals surface area contributed by atoms with Gasteiger partial charge in [-0.25, -0.2) is 14.0 Å². The number of carboxylic acid groups (broad SMARTS) is 1. The van der Waals surface area contributed by atoms with Gasteiger partial charge >= 0.3 is 17.9 Å². The van der Waals surface area contributed by atoms with E-state index in [1.165, 1.54) is 37.4 Å². The minimum absolute atomic E-state index is 0.0459. The number of benzene rings is 3. The normalized spacial score (nSPS) is 14.6. The summed E-state index contributed by atoms with van der Waals surface area (Å²) in [6.45, 7) is 1.15. The molecule has 11 heteroatoms. The molecule has 0 saturated heterocycles. The maximum atomic E-state index is 14.4. The third kappa shape index (κ3) is 4.06. The quantitative estimate of drug-likeness (QED) is 0.320. The Morgan fingerprint density at radius 2 is 1.69 bits per heavy atom. The van der Waals surface area contributed by atoms with Crippen molar-refractivity contribution in [3.63, 3.8) is 0 Å². The molecule has 0 radical (unpaired) electrons. The van der Waals surface area contributed by atoms with Gasteiger partial charge in [-0.15, -0.1) is 0 Å². The topological polar surface area (TPSA) is 92.7 Å². The van der Waals surface area contributed by atoms with Crippen molar-refractivity contribution < 1.29 is 37.0 Å². The van der Waals surface area contributed by atoms with E-state index < -0.39 is 46.4 Å². The van der Waals surface area contributed by atoms with Crippen LogP contribution in [0.5, 0.6) is 0 Å². The van der Waals surface area contributed by atoms with Gasteiger partial charge in [-0.3, -0.25) is 4.57 Å². The fourth-order valence-electron chi connectivity index (χ4n) is 4.18. The molecule has 4 rings (SSSR count). The molecule has 36 heavy (non-hydrogen) atoms. The van der Waals surface area contributed by atoms with Gasteiger partial charge in [0.25, 0.3) is 0 Å². The summed E-state index contributed by atoms with van der Waals surface area (Å²) in [5, 5.41) is 20.1. The Bertz CT molecular complexity index is 1560. The highest BCUT2D eigenvalue weighted by molar-refractivity contribution is 6.31. The standard InChI is InChI=1S/C25H18ClF4NO5/c1-12(16-6-3-14(10-18(16)26)13-4-7-19(27)17(9-13)22(32)33)24(35,25(28,29)30)15-5-8-20-21(11-15)36-23(34)31(20)2/h3-12,35H,1-2H3,(H,32,33)/t12-,24-/m1/s1. The second kappa shape index (κ2) is 8.79. The number of halogens is 5. The molecule has 1 aromatic heterocycles. The lowest BCUT2D eigenvalue weighted by atomic mass is 9.77. The van der Waals surface area contributed by atoms with Gasteiger partial charge in [-0.1, -0.05) is 42.8 Å². The summed E-state index contributed by atoms with van der Waals surface area (Å²) in [6.07, 6.45) is -5.15. The van der Waals surface area contributed by atoms with Gasteiger partial charge in [0.1, 0.15) is 5.82 Å². The number of rotatable bonds is 5. The summed E-state index contributed by atoms with van der Waals surface area (Å²) in [6, 6.07) is 10.6. The van der Waals surface area contributed by atoms with Crippen LogP contribution in [0.15, 0.2) is 63.8 Å². The smallest absolute Gasteiger partial charge is 0.422 e. The molecular formula is C25H18ClF4NO5. The molecular weight excluding hydrogens is 506 g/mol. The van der Waals surface area contributed by atoms with E-state index in [2.05, 4.69) is 0 Å². The van der Waals surface area contributed by atoms with Crippen LogP contribution in [0.2, 0.25) is 5.02 Å². The zero-order valence-corrected chi connectivity index (χ0v) is 19.5. The SMILES string of the molecule is C[C@H](c1ccc(-c2ccc(F)c(C(=O)O)c2)cc1Cl)[C@@](O)(c1ccc2c(c1)oc(=O)n2C)C(F)(F)F. The lowest BCUT2D eigenvalue weighted by Crippen LogP contribution is -2.46. The van der Waals surface area contributed by atoms with Crippen LogP contribution in [0.25, 0.3) is 22.2 Å². The van der Waals surface area contributed by atoms with E-state index in [-0.39, 0.29) is 27.2 Å². The van der Waals surface area contributed by atoms with Gasteiger partial charge in [0.15, 0.2) is 11.2 Å². The monoisotopic (exact) mass is 523 g/mol. The van der Waals surface area contributed by atoms with Crippen LogP contribution in [0, 0.1) is 5.82 Å². The molecule has 0 saturated carbocycles. The van der Waals surface area contributed by atoms with Crippen molar-refractivity contribution in [1.29, 1.82) is 0 Å². The molecule has 0 spiro atoms. The van der Waals surface area contributed by atoms with Crippen molar-refractivity contribution in [2.24, 2.45) is 7.05 Å². The summed E-state index contributed by atoms with van der Waals surface area (Å²) >= 11 is 6.34. The van der Waals surface area contributed by atoms with Crippen LogP contribution in [0.4, 0.5) is 17.6 Å². The molecule has 3 aromatic carbocycles. The lowest BCUT2D eigenvalue weighted by Gasteiger charge is -2.37. The molecule has 188 valence electrons. The molecule has 2 N–H and O–H groups in total. The summed E-state index contributed by atoms with van der Waals surface area (Å²) in [7, 11) is 1.40. The average Bonchev–Trinajstić information content (AvgIpc) is 3.10. The van der Waals surface area contributed by atoms with Crippen molar-refractivity contribution in [1.82, 2.24) is 4.57 Å². The van der Waals surface area contributed by atoms with E-state index in [9.17, 15) is 32.3 Å². The fourth-order valence-corrected chi connectivity index (χ4v) is 4.53. The van der Waals surface area contributed by atoms with Gasteiger partial charge in [0.05, 0.1) is 11.1 Å². The Hall–Kier alpha value is -3.63. The summed E-state index contributed by atoms with van der Waals surface area (Å²) < 4.78 is 62.9. The number of fused-ring (bicyclic) bond motifs is 1. The minimum Gasteiger partial charge on any atom is -0.478 e. The highest BCUT2D eigenvalue weighted by Crippen LogP contribution is 2.50. The Morgan fingerprint density at radius 3 is 2.31 bits per heavy atom. The number of carboxylic acids is 1. The number of hydrogen-bond donors (Lipinski definition) is 2. The van der Waals surface area contributed by atoms with Crippen molar-refractivity contribution in [3.8, 4) is 11.1 Å². The zero-order valence-electron chi connectivity index (χ0n) is 18.7. The number of aryl methyl sites for hydroxylation is 1. The molecule has 0 amide bonds. The van der Waals surface area contributed by atoms with Crippen molar-refractivity contribution in [2.75, 3.05) is 0 Å². The number of aromatic carboxylic acids is 1. The van der Waals surface area contributed by atoms with E-state index in [0.717, 1.165) is 35.8 Å².